The van der Waals surface area contributed by atoms with Crippen molar-refractivity contribution in [2.75, 3.05) is 43.9 Å². The van der Waals surface area contributed by atoms with Crippen molar-refractivity contribution in [2.45, 2.75) is 11.3 Å². The fraction of sp³-hybridized carbons (Fsp3) is 0.400. The van der Waals surface area contributed by atoms with E-state index in [1.807, 2.05) is 23.1 Å². The molecule has 4 rings (SSSR count). The van der Waals surface area contributed by atoms with E-state index in [-0.39, 0.29) is 10.8 Å². The number of amides is 1. The number of carbonyl (C=O) groups is 1. The van der Waals surface area contributed by atoms with Crippen molar-refractivity contribution in [3.8, 4) is 0 Å². The van der Waals surface area contributed by atoms with Gasteiger partial charge in [-0.2, -0.15) is 0 Å². The van der Waals surface area contributed by atoms with Crippen LogP contribution in [0.5, 0.6) is 0 Å². The molecule has 154 valence electrons. The number of nitrogens with zero attached hydrogens (tertiary/aromatic N) is 3. The average molecular weight is 417 g/mol. The molecule has 1 fully saturated rings. The van der Waals surface area contributed by atoms with Crippen LogP contribution in [0.3, 0.4) is 0 Å². The molecule has 2 aliphatic heterocycles. The Bertz CT molecular complexity index is 1170. The molecule has 2 aromatic rings. The van der Waals surface area contributed by atoms with Crippen LogP contribution in [0.2, 0.25) is 0 Å². The summed E-state index contributed by atoms with van der Waals surface area (Å²) in [7, 11) is -2.18. The van der Waals surface area contributed by atoms with Gasteiger partial charge in [0.15, 0.2) is 20.5 Å². The number of aromatic nitrogens is 1. The summed E-state index contributed by atoms with van der Waals surface area (Å²) in [6.45, 7) is 2.23. The van der Waals surface area contributed by atoms with Gasteiger partial charge < -0.3 is 19.1 Å². The fourth-order valence-electron chi connectivity index (χ4n) is 3.96. The van der Waals surface area contributed by atoms with Gasteiger partial charge in [-0.1, -0.05) is 18.2 Å². The Hall–Kier alpha value is -2.81. The topological polar surface area (TPSA) is 88.9 Å². The maximum atomic E-state index is 12.9. The van der Waals surface area contributed by atoms with E-state index in [9.17, 15) is 18.0 Å². The van der Waals surface area contributed by atoms with Crippen LogP contribution in [0.25, 0.3) is 10.9 Å². The number of hydrogen-bond acceptors (Lipinski definition) is 6. The number of anilines is 1. The van der Waals surface area contributed by atoms with E-state index in [0.29, 0.717) is 55.1 Å². The third-order valence-electron chi connectivity index (χ3n) is 5.40. The summed E-state index contributed by atoms with van der Waals surface area (Å²) < 4.78 is 31.8. The van der Waals surface area contributed by atoms with E-state index < -0.39 is 15.4 Å². The lowest BCUT2D eigenvalue weighted by molar-refractivity contribution is -0.130. The second-order valence-corrected chi connectivity index (χ2v) is 9.27. The highest BCUT2D eigenvalue weighted by Gasteiger charge is 2.31. The van der Waals surface area contributed by atoms with Crippen LogP contribution >= 0.6 is 0 Å². The molecule has 3 heterocycles. The summed E-state index contributed by atoms with van der Waals surface area (Å²) in [5, 5.41) is 0.705. The summed E-state index contributed by atoms with van der Waals surface area (Å²) in [6.07, 6.45) is 3.59. The number of rotatable bonds is 3. The molecule has 0 N–H and O–H groups in total. The zero-order valence-electron chi connectivity index (χ0n) is 16.4. The van der Waals surface area contributed by atoms with Gasteiger partial charge in [0.2, 0.25) is 0 Å². The predicted octanol–water partition coefficient (Wildman–Crippen LogP) is 0.895. The highest BCUT2D eigenvalue weighted by atomic mass is 32.2. The molecular formula is C20H23N3O5S. The van der Waals surface area contributed by atoms with Gasteiger partial charge in [-0.15, -0.1) is 0 Å². The lowest BCUT2D eigenvalue weighted by atomic mass is 10.1. The predicted molar refractivity (Wildman–Crippen MR) is 110 cm³/mol. The standard InChI is InChI=1S/C20H23N3O5S/c1-21-15-7-4-3-6-14(15)17(18(20(21)25)29(2,26)27)22-9-11-23(12-10-22)19(24)16-8-5-13-28-16/h3-4,6-8H,5,9-13H2,1-2H3. The van der Waals surface area contributed by atoms with Crippen molar-refractivity contribution < 1.29 is 17.9 Å². The second-order valence-electron chi connectivity index (χ2n) is 7.32. The molecular weight excluding hydrogens is 394 g/mol. The Labute approximate surface area is 168 Å². The highest BCUT2D eigenvalue weighted by Crippen LogP contribution is 2.32. The number of fused-ring (bicyclic) bond motifs is 1. The van der Waals surface area contributed by atoms with Crippen LogP contribution in [0, 0.1) is 0 Å². The van der Waals surface area contributed by atoms with E-state index in [1.165, 1.54) is 4.57 Å². The molecule has 9 heteroatoms. The third-order valence-corrected chi connectivity index (χ3v) is 6.51. The van der Waals surface area contributed by atoms with E-state index in [1.54, 1.807) is 24.1 Å². The zero-order chi connectivity index (χ0) is 20.8. The largest absolute Gasteiger partial charge is 0.488 e. The Morgan fingerprint density at radius 2 is 1.79 bits per heavy atom. The number of hydrogen-bond donors (Lipinski definition) is 0. The number of benzene rings is 1. The zero-order valence-corrected chi connectivity index (χ0v) is 17.2. The summed E-state index contributed by atoms with van der Waals surface area (Å²) in [5.74, 6) is 0.244. The number of piperazine rings is 1. The van der Waals surface area contributed by atoms with Crippen LogP contribution in [0.1, 0.15) is 6.42 Å². The molecule has 0 spiro atoms. The van der Waals surface area contributed by atoms with Crippen LogP contribution < -0.4 is 10.5 Å². The highest BCUT2D eigenvalue weighted by molar-refractivity contribution is 7.90. The molecule has 0 atom stereocenters. The summed E-state index contributed by atoms with van der Waals surface area (Å²) in [4.78, 5) is 28.9. The molecule has 1 aromatic carbocycles. The van der Waals surface area contributed by atoms with Crippen LogP contribution in [0.15, 0.2) is 45.8 Å². The van der Waals surface area contributed by atoms with Gasteiger partial charge in [-0.3, -0.25) is 9.59 Å². The lowest BCUT2D eigenvalue weighted by Gasteiger charge is -2.37. The number of aryl methyl sites for hydroxylation is 1. The summed E-state index contributed by atoms with van der Waals surface area (Å²) >= 11 is 0. The first-order valence-electron chi connectivity index (χ1n) is 9.48. The molecule has 0 bridgehead atoms. The first-order chi connectivity index (χ1) is 13.8. The number of pyridine rings is 1. The minimum absolute atomic E-state index is 0.140. The maximum absolute atomic E-state index is 12.9. The van der Waals surface area contributed by atoms with Gasteiger partial charge in [0, 0.05) is 51.3 Å². The first kappa shape index (κ1) is 19.5. The van der Waals surface area contributed by atoms with Crippen LogP contribution in [-0.4, -0.2) is 62.8 Å². The fourth-order valence-corrected chi connectivity index (χ4v) is 5.00. The molecule has 0 aliphatic carbocycles. The van der Waals surface area contributed by atoms with Crippen molar-refractivity contribution >= 4 is 32.3 Å². The summed E-state index contributed by atoms with van der Waals surface area (Å²) in [5.41, 5.74) is 0.557. The monoisotopic (exact) mass is 417 g/mol. The molecule has 29 heavy (non-hydrogen) atoms. The number of para-hydroxylation sites is 1. The van der Waals surface area contributed by atoms with E-state index >= 15 is 0 Å². The smallest absolute Gasteiger partial charge is 0.288 e. The normalized spacial score (nSPS) is 17.4. The van der Waals surface area contributed by atoms with Gasteiger partial charge in [-0.25, -0.2) is 8.42 Å². The molecule has 1 aromatic heterocycles. The Morgan fingerprint density at radius 1 is 1.10 bits per heavy atom. The Kier molecular flexibility index (Phi) is 4.85. The molecule has 2 aliphatic rings. The summed E-state index contributed by atoms with van der Waals surface area (Å²) in [6, 6.07) is 7.27. The minimum atomic E-state index is -3.76. The van der Waals surface area contributed by atoms with Gasteiger partial charge in [-0.05, 0) is 12.1 Å². The Morgan fingerprint density at radius 3 is 2.41 bits per heavy atom. The quantitative estimate of drug-likeness (QED) is 0.737. The van der Waals surface area contributed by atoms with Gasteiger partial charge >= 0.3 is 0 Å². The average Bonchev–Trinajstić information content (AvgIpc) is 3.24. The number of ether oxygens (including phenoxy) is 1. The van der Waals surface area contributed by atoms with E-state index in [0.717, 1.165) is 12.7 Å². The van der Waals surface area contributed by atoms with Crippen molar-refractivity contribution in [3.63, 3.8) is 0 Å². The van der Waals surface area contributed by atoms with Crippen molar-refractivity contribution in [1.29, 1.82) is 0 Å². The Balaban J connectivity index is 1.74. The minimum Gasteiger partial charge on any atom is -0.488 e. The lowest BCUT2D eigenvalue weighted by Crippen LogP contribution is -2.50. The van der Waals surface area contributed by atoms with Gasteiger partial charge in [0.1, 0.15) is 0 Å². The molecule has 0 radical (unpaired) electrons. The van der Waals surface area contributed by atoms with Crippen molar-refractivity contribution in [1.82, 2.24) is 9.47 Å². The van der Waals surface area contributed by atoms with E-state index in [2.05, 4.69) is 0 Å². The van der Waals surface area contributed by atoms with E-state index in [4.69, 9.17) is 4.74 Å². The first-order valence-corrected chi connectivity index (χ1v) is 11.4. The molecule has 0 unspecified atom stereocenters. The molecule has 0 saturated carbocycles. The van der Waals surface area contributed by atoms with Crippen molar-refractivity contribution in [3.05, 3.63) is 46.5 Å². The van der Waals surface area contributed by atoms with Crippen LogP contribution in [-0.2, 0) is 26.4 Å². The van der Waals surface area contributed by atoms with Gasteiger partial charge in [0.25, 0.3) is 11.5 Å². The molecule has 1 amide bonds. The maximum Gasteiger partial charge on any atom is 0.288 e. The third kappa shape index (κ3) is 3.39. The van der Waals surface area contributed by atoms with Crippen LogP contribution in [0.4, 0.5) is 5.69 Å². The van der Waals surface area contributed by atoms with Crippen molar-refractivity contribution in [2.24, 2.45) is 7.05 Å². The molecule has 8 nitrogen and oxygen atoms in total. The molecule has 1 saturated heterocycles. The SMILES string of the molecule is Cn1c(=O)c(S(C)(=O)=O)c(N2CCN(C(=O)C3=CCCO3)CC2)c2ccccc21. The number of sulfone groups is 1. The van der Waals surface area contributed by atoms with Gasteiger partial charge in [0.05, 0.1) is 17.8 Å². The number of carbonyl (C=O) groups excluding carboxylic acids is 1. The second kappa shape index (κ2) is 7.22.